The largest absolute Gasteiger partial charge is 0.497 e. The number of ether oxygens (including phenoxy) is 2. The number of nitrogens with zero attached hydrogens (tertiary/aromatic N) is 2. The van der Waals surface area contributed by atoms with Gasteiger partial charge in [-0.1, -0.05) is 18.2 Å². The molecule has 2 aromatic carbocycles. The van der Waals surface area contributed by atoms with Crippen LogP contribution in [0.15, 0.2) is 77.9 Å². The number of urea groups is 1. The lowest BCUT2D eigenvalue weighted by Gasteiger charge is -2.23. The summed E-state index contributed by atoms with van der Waals surface area (Å²) in [7, 11) is 3.12. The molecule has 0 unspecified atom stereocenters. The van der Waals surface area contributed by atoms with Crippen LogP contribution in [0.5, 0.6) is 11.5 Å². The Morgan fingerprint density at radius 2 is 1.88 bits per heavy atom. The second-order valence-electron chi connectivity index (χ2n) is 7.42. The Morgan fingerprint density at radius 3 is 2.64 bits per heavy atom. The molecule has 8 nitrogen and oxygen atoms in total. The number of methoxy groups -OCH3 is 2. The standard InChI is InChI=1S/C25H24N4O4/c1-32-20-10-9-18-12-19(24(30)27-22(18)13-20)16-29(15-17-6-5-11-26-14-17)25(31)28-21-7-3-4-8-23(21)33-2/h3-14H,15-16H2,1-2H3,(H,27,30)(H,28,31). The molecule has 0 radical (unpaired) electrons. The van der Waals surface area contributed by atoms with Crippen molar-refractivity contribution in [3.05, 3.63) is 94.5 Å². The van der Waals surface area contributed by atoms with Gasteiger partial charge in [0.25, 0.3) is 5.56 Å². The number of hydrogen-bond acceptors (Lipinski definition) is 5. The highest BCUT2D eigenvalue weighted by molar-refractivity contribution is 5.91. The van der Waals surface area contributed by atoms with Crippen LogP contribution in [0.1, 0.15) is 11.1 Å². The van der Waals surface area contributed by atoms with Crippen LogP contribution >= 0.6 is 0 Å². The van der Waals surface area contributed by atoms with Crippen LogP contribution < -0.4 is 20.3 Å². The fraction of sp³-hybridized carbons (Fsp3) is 0.160. The van der Waals surface area contributed by atoms with E-state index in [1.807, 2.05) is 36.4 Å². The van der Waals surface area contributed by atoms with E-state index in [-0.39, 0.29) is 24.7 Å². The number of aromatic amines is 1. The lowest BCUT2D eigenvalue weighted by molar-refractivity contribution is 0.206. The molecule has 33 heavy (non-hydrogen) atoms. The molecular weight excluding hydrogens is 420 g/mol. The molecule has 2 amide bonds. The van der Waals surface area contributed by atoms with Crippen molar-refractivity contribution in [3.63, 3.8) is 0 Å². The monoisotopic (exact) mass is 444 g/mol. The fourth-order valence-corrected chi connectivity index (χ4v) is 3.53. The van der Waals surface area contributed by atoms with E-state index >= 15 is 0 Å². The second kappa shape index (κ2) is 9.86. The van der Waals surface area contributed by atoms with Gasteiger partial charge in [0.05, 0.1) is 32.0 Å². The van der Waals surface area contributed by atoms with Gasteiger partial charge in [-0.25, -0.2) is 4.79 Å². The lowest BCUT2D eigenvalue weighted by Crippen LogP contribution is -2.35. The first kappa shape index (κ1) is 21.9. The van der Waals surface area contributed by atoms with Crippen molar-refractivity contribution in [2.24, 2.45) is 0 Å². The lowest BCUT2D eigenvalue weighted by atomic mass is 10.1. The normalized spacial score (nSPS) is 10.6. The zero-order valence-electron chi connectivity index (χ0n) is 18.4. The van der Waals surface area contributed by atoms with Crippen molar-refractivity contribution in [3.8, 4) is 11.5 Å². The molecule has 2 N–H and O–H groups in total. The van der Waals surface area contributed by atoms with Crippen LogP contribution in [0.25, 0.3) is 10.9 Å². The van der Waals surface area contributed by atoms with Gasteiger partial charge in [0.1, 0.15) is 11.5 Å². The minimum atomic E-state index is -0.363. The van der Waals surface area contributed by atoms with Crippen molar-refractivity contribution < 1.29 is 14.3 Å². The Bertz CT molecular complexity index is 1320. The van der Waals surface area contributed by atoms with E-state index in [0.29, 0.717) is 28.3 Å². The third-order valence-corrected chi connectivity index (χ3v) is 5.22. The van der Waals surface area contributed by atoms with Crippen molar-refractivity contribution >= 4 is 22.6 Å². The Labute approximate surface area is 190 Å². The maximum atomic E-state index is 13.3. The van der Waals surface area contributed by atoms with E-state index in [9.17, 15) is 9.59 Å². The quantitative estimate of drug-likeness (QED) is 0.446. The molecule has 2 heterocycles. The predicted octanol–water partition coefficient (Wildman–Crippen LogP) is 4.17. The van der Waals surface area contributed by atoms with E-state index in [4.69, 9.17) is 9.47 Å². The first-order valence-electron chi connectivity index (χ1n) is 10.3. The first-order chi connectivity index (χ1) is 16.1. The summed E-state index contributed by atoms with van der Waals surface area (Å²) in [6.45, 7) is 0.377. The molecule has 0 spiro atoms. The van der Waals surface area contributed by atoms with E-state index in [1.54, 1.807) is 55.8 Å². The predicted molar refractivity (Wildman–Crippen MR) is 127 cm³/mol. The Morgan fingerprint density at radius 1 is 1.03 bits per heavy atom. The molecule has 4 aromatic rings. The summed E-state index contributed by atoms with van der Waals surface area (Å²) >= 11 is 0. The number of anilines is 1. The zero-order chi connectivity index (χ0) is 23.2. The van der Waals surface area contributed by atoms with E-state index in [2.05, 4.69) is 15.3 Å². The zero-order valence-corrected chi connectivity index (χ0v) is 18.4. The van der Waals surface area contributed by atoms with Crippen molar-refractivity contribution in [2.45, 2.75) is 13.1 Å². The van der Waals surface area contributed by atoms with Crippen molar-refractivity contribution in [1.29, 1.82) is 0 Å². The molecule has 2 aromatic heterocycles. The van der Waals surface area contributed by atoms with Gasteiger partial charge in [-0.05, 0) is 47.3 Å². The number of H-pyrrole nitrogens is 1. The minimum absolute atomic E-state index is 0.104. The average molecular weight is 444 g/mol. The molecule has 0 aliphatic heterocycles. The summed E-state index contributed by atoms with van der Waals surface area (Å²) in [4.78, 5) is 34.6. The summed E-state index contributed by atoms with van der Waals surface area (Å²) in [5.74, 6) is 1.20. The number of amides is 2. The highest BCUT2D eigenvalue weighted by Gasteiger charge is 2.18. The molecule has 8 heteroatoms. The van der Waals surface area contributed by atoms with Gasteiger partial charge in [-0.2, -0.15) is 0 Å². The van der Waals surface area contributed by atoms with Crippen LogP contribution in [0.4, 0.5) is 10.5 Å². The summed E-state index contributed by atoms with van der Waals surface area (Å²) in [5.41, 5.74) is 2.25. The number of rotatable bonds is 7. The Kier molecular flexibility index (Phi) is 6.54. The summed E-state index contributed by atoms with van der Waals surface area (Å²) in [6, 6.07) is 17.7. The molecule has 0 aliphatic carbocycles. The smallest absolute Gasteiger partial charge is 0.322 e. The van der Waals surface area contributed by atoms with Crippen LogP contribution in [0.2, 0.25) is 0 Å². The molecule has 0 bridgehead atoms. The fourth-order valence-electron chi connectivity index (χ4n) is 3.53. The molecular formula is C25H24N4O4. The molecule has 0 saturated heterocycles. The van der Waals surface area contributed by atoms with Gasteiger partial charge >= 0.3 is 6.03 Å². The number of fused-ring (bicyclic) bond motifs is 1. The average Bonchev–Trinajstić information content (AvgIpc) is 2.84. The molecule has 4 rings (SSSR count). The van der Waals surface area contributed by atoms with Gasteiger partial charge in [-0.3, -0.25) is 9.78 Å². The summed E-state index contributed by atoms with van der Waals surface area (Å²) in [6.07, 6.45) is 3.37. The molecule has 0 aliphatic rings. The highest BCUT2D eigenvalue weighted by Crippen LogP contribution is 2.24. The second-order valence-corrected chi connectivity index (χ2v) is 7.42. The SMILES string of the molecule is COc1ccc2cc(CN(Cc3cccnc3)C(=O)Nc3ccccc3OC)c(=O)[nH]c2c1. The number of para-hydroxylation sites is 2. The molecule has 0 fully saturated rings. The number of pyridine rings is 2. The van der Waals surface area contributed by atoms with E-state index in [1.165, 1.54) is 0 Å². The number of carbonyl (C=O) groups is 1. The Balaban J connectivity index is 1.65. The summed E-state index contributed by atoms with van der Waals surface area (Å²) in [5, 5.41) is 3.73. The van der Waals surface area contributed by atoms with Crippen LogP contribution in [0.3, 0.4) is 0 Å². The highest BCUT2D eigenvalue weighted by atomic mass is 16.5. The molecule has 0 atom stereocenters. The molecule has 168 valence electrons. The maximum Gasteiger partial charge on any atom is 0.322 e. The maximum absolute atomic E-state index is 13.3. The number of benzene rings is 2. The van der Waals surface area contributed by atoms with Crippen LogP contribution in [-0.4, -0.2) is 35.1 Å². The number of nitrogens with one attached hydrogen (secondary N) is 2. The van der Waals surface area contributed by atoms with Gasteiger partial charge in [0, 0.05) is 30.6 Å². The van der Waals surface area contributed by atoms with Crippen molar-refractivity contribution in [2.75, 3.05) is 19.5 Å². The van der Waals surface area contributed by atoms with Crippen LogP contribution in [-0.2, 0) is 13.1 Å². The molecule has 0 saturated carbocycles. The third kappa shape index (κ3) is 5.12. The number of aromatic nitrogens is 2. The van der Waals surface area contributed by atoms with Gasteiger partial charge in [0.15, 0.2) is 0 Å². The number of hydrogen-bond donors (Lipinski definition) is 2. The first-order valence-corrected chi connectivity index (χ1v) is 10.3. The van der Waals surface area contributed by atoms with Gasteiger partial charge in [-0.15, -0.1) is 0 Å². The Hall–Kier alpha value is -4.33. The third-order valence-electron chi connectivity index (χ3n) is 5.22. The van der Waals surface area contributed by atoms with Crippen LogP contribution in [0, 0.1) is 0 Å². The van der Waals surface area contributed by atoms with E-state index < -0.39 is 0 Å². The van der Waals surface area contributed by atoms with Gasteiger partial charge < -0.3 is 24.7 Å². The minimum Gasteiger partial charge on any atom is -0.497 e. The van der Waals surface area contributed by atoms with E-state index in [0.717, 1.165) is 10.9 Å². The number of carbonyl (C=O) groups excluding carboxylic acids is 1. The topological polar surface area (TPSA) is 96.5 Å². The van der Waals surface area contributed by atoms with Crippen molar-refractivity contribution in [1.82, 2.24) is 14.9 Å². The van der Waals surface area contributed by atoms with Gasteiger partial charge in [0.2, 0.25) is 0 Å². The summed E-state index contributed by atoms with van der Waals surface area (Å²) < 4.78 is 10.6.